The monoisotopic (exact) mass is 444 g/mol. The summed E-state index contributed by atoms with van der Waals surface area (Å²) in [6, 6.07) is 0. The van der Waals surface area contributed by atoms with E-state index >= 15 is 0 Å². The van der Waals surface area contributed by atoms with Gasteiger partial charge in [0.1, 0.15) is 11.4 Å². The number of ketones is 2. The van der Waals surface area contributed by atoms with E-state index in [-0.39, 0.29) is 34.2 Å². The lowest BCUT2D eigenvalue weighted by atomic mass is 9.76. The van der Waals surface area contributed by atoms with Gasteiger partial charge in [0, 0.05) is 64.3 Å². The molecule has 3 rings (SSSR count). The number of allylic oxidation sites excluding steroid dienone is 4. The molecule has 0 aromatic rings. The number of nitrogens with zero attached hydrogens (tertiary/aromatic N) is 2. The van der Waals surface area contributed by atoms with Crippen LogP contribution in [0.3, 0.4) is 0 Å². The number of carbonyl (C=O) groups excluding carboxylic acids is 4. The summed E-state index contributed by atoms with van der Waals surface area (Å²) in [6.07, 6.45) is 2.27. The third-order valence-corrected chi connectivity index (χ3v) is 6.35. The Kier molecular flexibility index (Phi) is 6.54. The molecule has 0 radical (unpaired) electrons. The van der Waals surface area contributed by atoms with Gasteiger partial charge in [-0.15, -0.1) is 0 Å². The molecule has 0 aromatic carbocycles. The number of piperazine rings is 1. The van der Waals surface area contributed by atoms with Crippen LogP contribution in [0.4, 0.5) is 0 Å². The van der Waals surface area contributed by atoms with Gasteiger partial charge in [-0.25, -0.2) is 0 Å². The molecule has 8 heteroatoms. The molecule has 0 aromatic heterocycles. The van der Waals surface area contributed by atoms with Gasteiger partial charge in [-0.1, -0.05) is 27.7 Å². The summed E-state index contributed by atoms with van der Waals surface area (Å²) >= 11 is 0. The van der Waals surface area contributed by atoms with Crippen LogP contribution in [-0.2, 0) is 19.2 Å². The Bertz CT molecular complexity index is 831. The highest BCUT2D eigenvalue weighted by molar-refractivity contribution is 6.01. The first kappa shape index (κ1) is 24.0. The molecule has 8 nitrogen and oxygen atoms in total. The molecular formula is C24H36N4O4. The molecule has 3 aliphatic rings. The smallest absolute Gasteiger partial charge is 0.221 e. The molecule has 1 saturated heterocycles. The average Bonchev–Trinajstić information content (AvgIpc) is 2.64. The van der Waals surface area contributed by atoms with Gasteiger partial charge in [0.15, 0.2) is 11.6 Å². The average molecular weight is 445 g/mol. The SMILES string of the molecule is CC(=O)NC1=C(N2CCN(C3=C(NC(C)=O)C(=O)CC(C)(C)C3)CC2)CC(C)(C)CC1=O. The van der Waals surface area contributed by atoms with Crippen LogP contribution < -0.4 is 10.6 Å². The quantitative estimate of drug-likeness (QED) is 0.689. The maximum Gasteiger partial charge on any atom is 0.221 e. The van der Waals surface area contributed by atoms with Crippen molar-refractivity contribution in [3.8, 4) is 0 Å². The topological polar surface area (TPSA) is 98.8 Å². The zero-order chi connectivity index (χ0) is 23.8. The normalized spacial score (nSPS) is 23.4. The zero-order valence-corrected chi connectivity index (χ0v) is 20.2. The first-order valence-electron chi connectivity index (χ1n) is 11.4. The molecule has 1 fully saturated rings. The summed E-state index contributed by atoms with van der Waals surface area (Å²) in [6.45, 7) is 13.8. The van der Waals surface area contributed by atoms with Gasteiger partial charge in [0.05, 0.1) is 0 Å². The fraction of sp³-hybridized carbons (Fsp3) is 0.667. The molecule has 2 aliphatic carbocycles. The summed E-state index contributed by atoms with van der Waals surface area (Å²) in [5.74, 6) is -0.525. The number of carbonyl (C=O) groups is 4. The van der Waals surface area contributed by atoms with Crippen molar-refractivity contribution in [3.63, 3.8) is 0 Å². The van der Waals surface area contributed by atoms with Crippen molar-refractivity contribution in [2.45, 2.75) is 67.2 Å². The highest BCUT2D eigenvalue weighted by Crippen LogP contribution is 2.40. The van der Waals surface area contributed by atoms with Crippen molar-refractivity contribution in [2.75, 3.05) is 26.2 Å². The van der Waals surface area contributed by atoms with Crippen LogP contribution in [0.25, 0.3) is 0 Å². The Morgan fingerprint density at radius 2 is 0.969 bits per heavy atom. The van der Waals surface area contributed by atoms with E-state index in [1.54, 1.807) is 0 Å². The Morgan fingerprint density at radius 1 is 0.656 bits per heavy atom. The minimum absolute atomic E-state index is 0.0239. The zero-order valence-electron chi connectivity index (χ0n) is 20.2. The maximum atomic E-state index is 12.8. The fourth-order valence-electron chi connectivity index (χ4n) is 5.00. The van der Waals surface area contributed by atoms with E-state index < -0.39 is 0 Å². The summed E-state index contributed by atoms with van der Waals surface area (Å²) in [4.78, 5) is 53.4. The lowest BCUT2D eigenvalue weighted by molar-refractivity contribution is -0.123. The van der Waals surface area contributed by atoms with Gasteiger partial charge in [0.25, 0.3) is 0 Å². The van der Waals surface area contributed by atoms with Crippen LogP contribution in [0.2, 0.25) is 0 Å². The highest BCUT2D eigenvalue weighted by atomic mass is 16.2. The molecule has 0 saturated carbocycles. The van der Waals surface area contributed by atoms with E-state index in [9.17, 15) is 19.2 Å². The predicted molar refractivity (Wildman–Crippen MR) is 121 cm³/mol. The summed E-state index contributed by atoms with van der Waals surface area (Å²) in [5.41, 5.74) is 2.34. The minimum Gasteiger partial charge on any atom is -0.369 e. The standard InChI is InChI=1S/C24H36N4O4/c1-15(29)25-21-17(11-23(3,4)13-19(21)31)27-7-9-28(10-8-27)18-12-24(5,6)14-20(32)22(18)26-16(2)30/h7-14H2,1-6H3,(H,25,29)(H,26,30). The molecular weight excluding hydrogens is 408 g/mol. The molecule has 0 spiro atoms. The number of nitrogens with one attached hydrogen (secondary N) is 2. The van der Waals surface area contributed by atoms with E-state index in [2.05, 4.69) is 48.1 Å². The highest BCUT2D eigenvalue weighted by Gasteiger charge is 2.39. The maximum absolute atomic E-state index is 12.8. The third kappa shape index (κ3) is 5.40. The van der Waals surface area contributed by atoms with Crippen LogP contribution in [0.5, 0.6) is 0 Å². The van der Waals surface area contributed by atoms with Gasteiger partial charge < -0.3 is 20.4 Å². The lowest BCUT2D eigenvalue weighted by Crippen LogP contribution is -2.50. The van der Waals surface area contributed by atoms with E-state index in [0.29, 0.717) is 50.4 Å². The van der Waals surface area contributed by atoms with E-state index in [1.807, 2.05) is 0 Å². The molecule has 1 heterocycles. The number of rotatable bonds is 4. The molecule has 0 bridgehead atoms. The van der Waals surface area contributed by atoms with Crippen LogP contribution in [-0.4, -0.2) is 59.4 Å². The summed E-state index contributed by atoms with van der Waals surface area (Å²) < 4.78 is 0. The van der Waals surface area contributed by atoms with Crippen molar-refractivity contribution >= 4 is 23.4 Å². The van der Waals surface area contributed by atoms with Gasteiger partial charge in [-0.2, -0.15) is 0 Å². The van der Waals surface area contributed by atoms with Crippen molar-refractivity contribution in [1.82, 2.24) is 20.4 Å². The number of amides is 2. The fourth-order valence-corrected chi connectivity index (χ4v) is 5.00. The molecule has 0 unspecified atom stereocenters. The first-order valence-corrected chi connectivity index (χ1v) is 11.4. The van der Waals surface area contributed by atoms with Gasteiger partial charge in [0.2, 0.25) is 11.8 Å². The number of hydrogen-bond acceptors (Lipinski definition) is 6. The molecule has 176 valence electrons. The van der Waals surface area contributed by atoms with Crippen molar-refractivity contribution in [1.29, 1.82) is 0 Å². The molecule has 2 N–H and O–H groups in total. The summed E-state index contributed by atoms with van der Waals surface area (Å²) in [5, 5.41) is 5.54. The molecule has 2 amide bonds. The van der Waals surface area contributed by atoms with Crippen molar-refractivity contribution in [3.05, 3.63) is 22.8 Å². The van der Waals surface area contributed by atoms with E-state index in [1.165, 1.54) is 13.8 Å². The Morgan fingerprint density at radius 3 is 1.25 bits per heavy atom. The van der Waals surface area contributed by atoms with Gasteiger partial charge >= 0.3 is 0 Å². The van der Waals surface area contributed by atoms with Crippen LogP contribution in [0.1, 0.15) is 67.2 Å². The first-order chi connectivity index (χ1) is 14.8. The third-order valence-electron chi connectivity index (χ3n) is 6.35. The van der Waals surface area contributed by atoms with E-state index in [4.69, 9.17) is 0 Å². The van der Waals surface area contributed by atoms with Crippen molar-refractivity contribution < 1.29 is 19.2 Å². The number of Topliss-reactive ketones (excluding diaryl/α,β-unsaturated/α-hetero) is 2. The van der Waals surface area contributed by atoms with Crippen LogP contribution in [0.15, 0.2) is 22.8 Å². The second kappa shape index (κ2) is 8.71. The lowest BCUT2D eigenvalue weighted by Gasteiger charge is -2.45. The van der Waals surface area contributed by atoms with Crippen LogP contribution >= 0.6 is 0 Å². The molecule has 32 heavy (non-hydrogen) atoms. The Balaban J connectivity index is 1.85. The van der Waals surface area contributed by atoms with Gasteiger partial charge in [-0.05, 0) is 23.7 Å². The minimum atomic E-state index is -0.239. The second-order valence-electron chi connectivity index (χ2n) is 10.9. The van der Waals surface area contributed by atoms with Gasteiger partial charge in [-0.3, -0.25) is 19.2 Å². The second-order valence-corrected chi connectivity index (χ2v) is 10.9. The Labute approximate surface area is 190 Å². The predicted octanol–water partition coefficient (Wildman–Crippen LogP) is 2.08. The summed E-state index contributed by atoms with van der Waals surface area (Å²) in [7, 11) is 0. The van der Waals surface area contributed by atoms with Crippen LogP contribution in [0, 0.1) is 10.8 Å². The Hall–Kier alpha value is -2.64. The number of hydrogen-bond donors (Lipinski definition) is 2. The molecule has 0 atom stereocenters. The largest absolute Gasteiger partial charge is 0.369 e. The molecule has 1 aliphatic heterocycles. The van der Waals surface area contributed by atoms with Crippen molar-refractivity contribution in [2.24, 2.45) is 10.8 Å². The van der Waals surface area contributed by atoms with E-state index in [0.717, 1.165) is 24.2 Å².